The van der Waals surface area contributed by atoms with Crippen molar-refractivity contribution < 1.29 is 0 Å². The maximum atomic E-state index is 6.26. The fourth-order valence-corrected chi connectivity index (χ4v) is 4.44. The van der Waals surface area contributed by atoms with E-state index >= 15 is 0 Å². The zero-order valence-corrected chi connectivity index (χ0v) is 13.5. The largest absolute Gasteiger partial charge is 0.329 e. The zero-order valence-electron chi connectivity index (χ0n) is 13.5. The molecule has 2 aliphatic rings. The predicted molar refractivity (Wildman–Crippen MR) is 89.6 cm³/mol. The highest BCUT2D eigenvalue weighted by Gasteiger charge is 2.38. The molecule has 3 rings (SSSR count). The molecule has 2 N–H and O–H groups in total. The summed E-state index contributed by atoms with van der Waals surface area (Å²) in [7, 11) is 0. The maximum Gasteiger partial charge on any atom is 0.0332 e. The van der Waals surface area contributed by atoms with Gasteiger partial charge < -0.3 is 5.73 Å². The molecule has 0 amide bonds. The molecule has 2 heteroatoms. The first kappa shape index (κ1) is 15.1. The van der Waals surface area contributed by atoms with Crippen molar-refractivity contribution >= 4 is 0 Å². The van der Waals surface area contributed by atoms with Crippen LogP contribution in [0.15, 0.2) is 24.3 Å². The van der Waals surface area contributed by atoms with E-state index in [1.807, 2.05) is 0 Å². The van der Waals surface area contributed by atoms with Crippen LogP contribution < -0.4 is 5.73 Å². The normalized spacial score (nSPS) is 23.7. The lowest BCUT2D eigenvalue weighted by Crippen LogP contribution is -2.56. The molecule has 0 saturated heterocycles. The SMILES string of the molecule is CCCN(CC1Cc2ccccc21)C1(CN)CCCCC1. The number of fused-ring (bicyclic) bond motifs is 1. The lowest BCUT2D eigenvalue weighted by molar-refractivity contribution is 0.0487. The Labute approximate surface area is 129 Å². The Morgan fingerprint density at radius 3 is 2.62 bits per heavy atom. The minimum atomic E-state index is 0.290. The fourth-order valence-electron chi connectivity index (χ4n) is 4.44. The lowest BCUT2D eigenvalue weighted by atomic mass is 9.75. The molecular formula is C19H30N2. The van der Waals surface area contributed by atoms with E-state index in [-0.39, 0.29) is 0 Å². The van der Waals surface area contributed by atoms with Crippen molar-refractivity contribution in [3.05, 3.63) is 35.4 Å². The number of benzene rings is 1. The molecule has 0 radical (unpaired) electrons. The summed E-state index contributed by atoms with van der Waals surface area (Å²) in [6.45, 7) is 5.55. The van der Waals surface area contributed by atoms with E-state index in [1.165, 1.54) is 58.0 Å². The number of nitrogens with zero attached hydrogens (tertiary/aromatic N) is 1. The molecule has 0 aromatic heterocycles. The highest BCUT2D eigenvalue weighted by molar-refractivity contribution is 5.40. The van der Waals surface area contributed by atoms with Gasteiger partial charge in [0, 0.05) is 24.5 Å². The van der Waals surface area contributed by atoms with Crippen LogP contribution in [0.5, 0.6) is 0 Å². The second-order valence-electron chi connectivity index (χ2n) is 7.04. The molecule has 1 unspecified atom stereocenters. The summed E-state index contributed by atoms with van der Waals surface area (Å²) in [6, 6.07) is 8.97. The lowest BCUT2D eigenvalue weighted by Gasteiger charge is -2.48. The van der Waals surface area contributed by atoms with Crippen LogP contribution in [0.25, 0.3) is 0 Å². The Kier molecular flexibility index (Phi) is 4.66. The quantitative estimate of drug-likeness (QED) is 0.864. The summed E-state index contributed by atoms with van der Waals surface area (Å²) < 4.78 is 0. The van der Waals surface area contributed by atoms with E-state index in [0.29, 0.717) is 5.54 Å². The highest BCUT2D eigenvalue weighted by Crippen LogP contribution is 2.39. The minimum absolute atomic E-state index is 0.290. The fraction of sp³-hybridized carbons (Fsp3) is 0.684. The van der Waals surface area contributed by atoms with Crippen molar-refractivity contribution in [3.8, 4) is 0 Å². The summed E-state index contributed by atoms with van der Waals surface area (Å²) in [5, 5.41) is 0. The van der Waals surface area contributed by atoms with Crippen molar-refractivity contribution in [2.75, 3.05) is 19.6 Å². The van der Waals surface area contributed by atoms with Crippen molar-refractivity contribution in [3.63, 3.8) is 0 Å². The molecule has 1 fully saturated rings. The average Bonchev–Trinajstić information content (AvgIpc) is 2.52. The number of nitrogens with two attached hydrogens (primary N) is 1. The van der Waals surface area contributed by atoms with Crippen molar-refractivity contribution in [1.82, 2.24) is 4.90 Å². The predicted octanol–water partition coefficient (Wildman–Crippen LogP) is 3.70. The molecule has 21 heavy (non-hydrogen) atoms. The Morgan fingerprint density at radius 1 is 1.19 bits per heavy atom. The molecule has 0 spiro atoms. The smallest absolute Gasteiger partial charge is 0.0332 e. The first-order valence-corrected chi connectivity index (χ1v) is 8.82. The van der Waals surface area contributed by atoms with Crippen LogP contribution in [0.3, 0.4) is 0 Å². The molecule has 2 nitrogen and oxygen atoms in total. The third-order valence-corrected chi connectivity index (χ3v) is 5.73. The summed E-state index contributed by atoms with van der Waals surface area (Å²) >= 11 is 0. The Balaban J connectivity index is 1.73. The van der Waals surface area contributed by atoms with Crippen LogP contribution in [0.4, 0.5) is 0 Å². The second kappa shape index (κ2) is 6.50. The van der Waals surface area contributed by atoms with Gasteiger partial charge in [-0.3, -0.25) is 4.90 Å². The Morgan fingerprint density at radius 2 is 1.95 bits per heavy atom. The molecule has 0 heterocycles. The number of rotatable bonds is 6. The van der Waals surface area contributed by atoms with Crippen LogP contribution >= 0.6 is 0 Å². The maximum absolute atomic E-state index is 6.26. The zero-order chi connectivity index (χ0) is 14.7. The molecule has 1 aromatic carbocycles. The summed E-state index contributed by atoms with van der Waals surface area (Å²) in [5.74, 6) is 0.734. The van der Waals surface area contributed by atoms with E-state index in [9.17, 15) is 0 Å². The first-order chi connectivity index (χ1) is 10.3. The number of hydrogen-bond donors (Lipinski definition) is 1. The molecule has 1 atom stereocenters. The van der Waals surface area contributed by atoms with Crippen LogP contribution in [0.1, 0.15) is 62.5 Å². The summed E-state index contributed by atoms with van der Waals surface area (Å²) in [4.78, 5) is 2.76. The molecule has 0 bridgehead atoms. The van der Waals surface area contributed by atoms with Gasteiger partial charge in [-0.25, -0.2) is 0 Å². The van der Waals surface area contributed by atoms with E-state index in [0.717, 1.165) is 12.5 Å². The molecule has 2 aliphatic carbocycles. The van der Waals surface area contributed by atoms with Gasteiger partial charge >= 0.3 is 0 Å². The highest BCUT2D eigenvalue weighted by atomic mass is 15.2. The third kappa shape index (κ3) is 2.89. The molecular weight excluding hydrogens is 256 g/mol. The van der Waals surface area contributed by atoms with Gasteiger partial charge in [0.2, 0.25) is 0 Å². The third-order valence-electron chi connectivity index (χ3n) is 5.73. The van der Waals surface area contributed by atoms with Crippen molar-refractivity contribution in [2.45, 2.75) is 63.3 Å². The minimum Gasteiger partial charge on any atom is -0.329 e. The van der Waals surface area contributed by atoms with Crippen molar-refractivity contribution in [2.24, 2.45) is 5.73 Å². The number of hydrogen-bond acceptors (Lipinski definition) is 2. The molecule has 116 valence electrons. The molecule has 1 saturated carbocycles. The van der Waals surface area contributed by atoms with Gasteiger partial charge in [0.15, 0.2) is 0 Å². The average molecular weight is 286 g/mol. The van der Waals surface area contributed by atoms with E-state index < -0.39 is 0 Å². The summed E-state index contributed by atoms with van der Waals surface area (Å²) in [6.07, 6.45) is 9.22. The van der Waals surface area contributed by atoms with Crippen LogP contribution in [-0.2, 0) is 6.42 Å². The second-order valence-corrected chi connectivity index (χ2v) is 7.04. The van der Waals surface area contributed by atoms with Gasteiger partial charge in [-0.2, -0.15) is 0 Å². The summed E-state index contributed by atoms with van der Waals surface area (Å²) in [5.41, 5.74) is 9.69. The Bertz CT molecular complexity index is 462. The van der Waals surface area contributed by atoms with Gasteiger partial charge in [0.1, 0.15) is 0 Å². The van der Waals surface area contributed by atoms with Gasteiger partial charge in [0.25, 0.3) is 0 Å². The van der Waals surface area contributed by atoms with Crippen LogP contribution in [-0.4, -0.2) is 30.1 Å². The monoisotopic (exact) mass is 286 g/mol. The van der Waals surface area contributed by atoms with E-state index in [4.69, 9.17) is 5.73 Å². The van der Waals surface area contributed by atoms with Gasteiger partial charge in [0.05, 0.1) is 0 Å². The standard InChI is InChI=1S/C19H30N2/c1-2-12-21(19(15-20)10-6-3-7-11-19)14-17-13-16-8-4-5-9-18(16)17/h4-5,8-9,17H,2-3,6-7,10-15,20H2,1H3. The van der Waals surface area contributed by atoms with E-state index in [1.54, 1.807) is 11.1 Å². The van der Waals surface area contributed by atoms with Gasteiger partial charge in [-0.15, -0.1) is 0 Å². The van der Waals surface area contributed by atoms with Gasteiger partial charge in [-0.05, 0) is 43.4 Å². The first-order valence-electron chi connectivity index (χ1n) is 8.82. The molecule has 1 aromatic rings. The van der Waals surface area contributed by atoms with Gasteiger partial charge in [-0.1, -0.05) is 50.5 Å². The molecule has 0 aliphatic heterocycles. The van der Waals surface area contributed by atoms with E-state index in [2.05, 4.69) is 36.1 Å². The topological polar surface area (TPSA) is 29.3 Å². The van der Waals surface area contributed by atoms with Crippen molar-refractivity contribution in [1.29, 1.82) is 0 Å². The van der Waals surface area contributed by atoms with Crippen LogP contribution in [0, 0.1) is 0 Å². The van der Waals surface area contributed by atoms with Crippen LogP contribution in [0.2, 0.25) is 0 Å². The Hall–Kier alpha value is -0.860.